The van der Waals surface area contributed by atoms with Gasteiger partial charge in [0, 0.05) is 6.54 Å². The summed E-state index contributed by atoms with van der Waals surface area (Å²) in [5.41, 5.74) is -0.0331. The number of methoxy groups -OCH3 is 1. The van der Waals surface area contributed by atoms with Crippen molar-refractivity contribution in [1.29, 1.82) is 0 Å². The summed E-state index contributed by atoms with van der Waals surface area (Å²) in [6, 6.07) is 1.69. The predicted molar refractivity (Wildman–Crippen MR) is 97.6 cm³/mol. The standard InChI is InChI=1S/C18H18N2O4S/c1-24-18(23)17-12(4-5-25-17)20-14-13(15(21)16(14)22)19-8-11-7-9-2-3-10(11)6-9/h2-5,9-11,19-20H,6-8H2,1H3. The molecule has 2 N–H and O–H groups in total. The normalized spacial score (nSPS) is 24.0. The van der Waals surface area contributed by atoms with Crippen molar-refractivity contribution >= 4 is 34.4 Å². The zero-order valence-corrected chi connectivity index (χ0v) is 14.5. The van der Waals surface area contributed by atoms with Crippen LogP contribution in [-0.4, -0.2) is 19.6 Å². The zero-order valence-electron chi connectivity index (χ0n) is 13.7. The van der Waals surface area contributed by atoms with Gasteiger partial charge >= 0.3 is 5.97 Å². The van der Waals surface area contributed by atoms with Crippen LogP contribution >= 0.6 is 11.3 Å². The maximum Gasteiger partial charge on any atom is 0.350 e. The summed E-state index contributed by atoms with van der Waals surface area (Å²) in [5.74, 6) is 1.26. The van der Waals surface area contributed by atoms with Crippen molar-refractivity contribution in [3.05, 3.63) is 48.9 Å². The van der Waals surface area contributed by atoms with Gasteiger partial charge in [-0.25, -0.2) is 4.79 Å². The van der Waals surface area contributed by atoms with Crippen molar-refractivity contribution in [2.24, 2.45) is 17.8 Å². The summed E-state index contributed by atoms with van der Waals surface area (Å²) in [7, 11) is 1.31. The van der Waals surface area contributed by atoms with E-state index in [0.717, 1.165) is 6.42 Å². The van der Waals surface area contributed by atoms with Gasteiger partial charge in [0.05, 0.1) is 12.8 Å². The number of thiophene rings is 1. The number of allylic oxidation sites excluding steroid dienone is 2. The molecule has 2 aliphatic carbocycles. The van der Waals surface area contributed by atoms with Gasteiger partial charge < -0.3 is 15.4 Å². The van der Waals surface area contributed by atoms with Crippen molar-refractivity contribution in [3.8, 4) is 0 Å². The molecular weight excluding hydrogens is 340 g/mol. The molecule has 7 heteroatoms. The molecule has 1 aromatic carbocycles. The van der Waals surface area contributed by atoms with E-state index < -0.39 is 16.8 Å². The monoisotopic (exact) mass is 358 g/mol. The van der Waals surface area contributed by atoms with Crippen molar-refractivity contribution in [2.45, 2.75) is 12.8 Å². The van der Waals surface area contributed by atoms with Gasteiger partial charge in [-0.2, -0.15) is 0 Å². The molecule has 130 valence electrons. The van der Waals surface area contributed by atoms with Crippen LogP contribution in [0.25, 0.3) is 0 Å². The Balaban J connectivity index is 1.48. The lowest BCUT2D eigenvalue weighted by atomic mass is 9.93. The minimum absolute atomic E-state index is 0.229. The number of fused-ring (bicyclic) bond motifs is 2. The van der Waals surface area contributed by atoms with Crippen LogP contribution in [0.1, 0.15) is 22.5 Å². The summed E-state index contributed by atoms with van der Waals surface area (Å²) < 4.78 is 4.73. The third kappa shape index (κ3) is 2.68. The smallest absolute Gasteiger partial charge is 0.350 e. The first-order valence-corrected chi connectivity index (χ1v) is 9.14. The highest BCUT2D eigenvalue weighted by Gasteiger charge is 2.35. The topological polar surface area (TPSA) is 84.5 Å². The molecule has 1 saturated carbocycles. The number of esters is 1. The molecule has 3 unspecified atom stereocenters. The highest BCUT2D eigenvalue weighted by molar-refractivity contribution is 7.12. The average molecular weight is 358 g/mol. The number of carbonyl (C=O) groups is 1. The quantitative estimate of drug-likeness (QED) is 0.469. The first kappa shape index (κ1) is 16.1. The van der Waals surface area contributed by atoms with Crippen molar-refractivity contribution in [1.82, 2.24) is 0 Å². The number of rotatable bonds is 6. The number of nitrogens with one attached hydrogen (secondary N) is 2. The molecule has 0 amide bonds. The van der Waals surface area contributed by atoms with Crippen LogP contribution in [0.4, 0.5) is 17.1 Å². The summed E-state index contributed by atoms with van der Waals surface area (Å²) in [6.07, 6.45) is 6.86. The van der Waals surface area contributed by atoms with Gasteiger partial charge in [-0.3, -0.25) is 9.59 Å². The lowest BCUT2D eigenvalue weighted by Crippen LogP contribution is -2.38. The van der Waals surface area contributed by atoms with E-state index in [0.29, 0.717) is 40.6 Å². The van der Waals surface area contributed by atoms with Gasteiger partial charge in [-0.15, -0.1) is 11.3 Å². The van der Waals surface area contributed by atoms with E-state index in [2.05, 4.69) is 22.8 Å². The third-order valence-corrected chi connectivity index (χ3v) is 6.06. The molecular formula is C18H18N2O4S. The maximum atomic E-state index is 11.9. The van der Waals surface area contributed by atoms with Gasteiger partial charge in [0.15, 0.2) is 0 Å². The highest BCUT2D eigenvalue weighted by atomic mass is 32.1. The van der Waals surface area contributed by atoms with Gasteiger partial charge in [-0.1, -0.05) is 12.2 Å². The maximum absolute atomic E-state index is 11.9. The fourth-order valence-electron chi connectivity index (χ4n) is 3.84. The predicted octanol–water partition coefficient (Wildman–Crippen LogP) is 2.50. The molecule has 0 aliphatic heterocycles. The zero-order chi connectivity index (χ0) is 17.6. The summed E-state index contributed by atoms with van der Waals surface area (Å²) >= 11 is 1.22. The Bertz CT molecular complexity index is 922. The van der Waals surface area contributed by atoms with Crippen molar-refractivity contribution < 1.29 is 9.53 Å². The number of anilines is 3. The molecule has 25 heavy (non-hydrogen) atoms. The SMILES string of the molecule is COC(=O)c1sccc1Nc1c(NCC2CC3C=CC2C3)c(=O)c1=O. The van der Waals surface area contributed by atoms with Crippen molar-refractivity contribution in [3.63, 3.8) is 0 Å². The second-order valence-electron chi connectivity index (χ2n) is 6.61. The summed E-state index contributed by atoms with van der Waals surface area (Å²) in [6.45, 7) is 0.679. The lowest BCUT2D eigenvalue weighted by molar-refractivity contribution is 0.0607. The molecule has 2 aromatic rings. The van der Waals surface area contributed by atoms with Crippen LogP contribution in [0, 0.1) is 17.8 Å². The summed E-state index contributed by atoms with van der Waals surface area (Å²) in [5, 5.41) is 7.81. The Morgan fingerprint density at radius 3 is 2.72 bits per heavy atom. The number of ether oxygens (including phenoxy) is 1. The second-order valence-corrected chi connectivity index (χ2v) is 7.53. The Hall–Kier alpha value is -2.41. The molecule has 0 spiro atoms. The lowest BCUT2D eigenvalue weighted by Gasteiger charge is -2.21. The van der Waals surface area contributed by atoms with Crippen LogP contribution in [0.2, 0.25) is 0 Å². The van der Waals surface area contributed by atoms with E-state index in [4.69, 9.17) is 4.74 Å². The second kappa shape index (κ2) is 6.15. The fourth-order valence-corrected chi connectivity index (χ4v) is 4.60. The number of hydrogen-bond donors (Lipinski definition) is 2. The first-order chi connectivity index (χ1) is 12.1. The van der Waals surface area contributed by atoms with Gasteiger partial charge in [0.1, 0.15) is 16.3 Å². The van der Waals surface area contributed by atoms with Crippen LogP contribution in [0.15, 0.2) is 33.2 Å². The molecule has 1 fully saturated rings. The first-order valence-electron chi connectivity index (χ1n) is 8.26. The molecule has 3 atom stereocenters. The molecule has 6 nitrogen and oxygen atoms in total. The minimum atomic E-state index is -0.558. The molecule has 2 aliphatic rings. The molecule has 1 heterocycles. The van der Waals surface area contributed by atoms with Gasteiger partial charge in [0.2, 0.25) is 0 Å². The van der Waals surface area contributed by atoms with E-state index in [9.17, 15) is 14.4 Å². The van der Waals surface area contributed by atoms with Crippen LogP contribution in [-0.2, 0) is 4.74 Å². The Labute approximate surface area is 148 Å². The molecule has 4 rings (SSSR count). The molecule has 2 bridgehead atoms. The third-order valence-electron chi connectivity index (χ3n) is 5.16. The Morgan fingerprint density at radius 2 is 2.04 bits per heavy atom. The fraction of sp³-hybridized carbons (Fsp3) is 0.389. The minimum Gasteiger partial charge on any atom is -0.465 e. The van der Waals surface area contributed by atoms with E-state index in [1.165, 1.54) is 24.9 Å². The number of carbonyl (C=O) groups excluding carboxylic acids is 1. The van der Waals surface area contributed by atoms with Gasteiger partial charge in [-0.05, 0) is 42.0 Å². The van der Waals surface area contributed by atoms with Crippen LogP contribution < -0.4 is 21.5 Å². The molecule has 0 radical (unpaired) electrons. The summed E-state index contributed by atoms with van der Waals surface area (Å²) in [4.78, 5) is 36.0. The van der Waals surface area contributed by atoms with E-state index in [1.807, 2.05) is 0 Å². The van der Waals surface area contributed by atoms with Gasteiger partial charge in [0.25, 0.3) is 10.9 Å². The highest BCUT2D eigenvalue weighted by Crippen LogP contribution is 2.43. The average Bonchev–Trinajstić information content (AvgIpc) is 3.36. The van der Waals surface area contributed by atoms with E-state index in [-0.39, 0.29) is 5.69 Å². The molecule has 1 aromatic heterocycles. The Kier molecular flexibility index (Phi) is 3.95. The van der Waals surface area contributed by atoms with E-state index in [1.54, 1.807) is 11.4 Å². The van der Waals surface area contributed by atoms with Crippen molar-refractivity contribution in [2.75, 3.05) is 24.3 Å². The Morgan fingerprint density at radius 1 is 1.24 bits per heavy atom. The largest absolute Gasteiger partial charge is 0.465 e. The molecule has 0 saturated heterocycles. The van der Waals surface area contributed by atoms with Crippen LogP contribution in [0.3, 0.4) is 0 Å². The number of hydrogen-bond acceptors (Lipinski definition) is 7. The van der Waals surface area contributed by atoms with Crippen LogP contribution in [0.5, 0.6) is 0 Å². The van der Waals surface area contributed by atoms with E-state index >= 15 is 0 Å².